The second-order valence-electron chi connectivity index (χ2n) is 9.56. The molecular weight excluding hydrogens is 574 g/mol. The van der Waals surface area contributed by atoms with Crippen molar-refractivity contribution >= 4 is 57.4 Å². The fraction of sp³-hybridized carbons (Fsp3) is 0.0312. The molecule has 5 aromatic rings. The molecule has 0 bridgehead atoms. The number of nitrogens with zero attached hydrogens (tertiary/aromatic N) is 3. The summed E-state index contributed by atoms with van der Waals surface area (Å²) in [6.45, 7) is -0.592. The Morgan fingerprint density at radius 2 is 1.51 bits per heavy atom. The van der Waals surface area contributed by atoms with E-state index in [1.54, 1.807) is 66.7 Å². The van der Waals surface area contributed by atoms with E-state index in [1.807, 2.05) is 0 Å². The number of pyridine rings is 1. The number of imide groups is 1. The number of non-ortho nitro benzene ring substituents is 1. The van der Waals surface area contributed by atoms with Gasteiger partial charge in [-0.25, -0.2) is 14.7 Å². The summed E-state index contributed by atoms with van der Waals surface area (Å²) < 4.78 is 5.33. The lowest BCUT2D eigenvalue weighted by Crippen LogP contribution is -2.29. The van der Waals surface area contributed by atoms with Crippen molar-refractivity contribution in [1.29, 1.82) is 0 Å². The number of halogens is 1. The van der Waals surface area contributed by atoms with Crippen molar-refractivity contribution in [2.45, 2.75) is 0 Å². The first-order chi connectivity index (χ1) is 20.7. The standard InChI is InChI=1S/C32H18ClN3O7/c33-20-9-14-27-25(15-20)26(32(40)43-17-29(37)19-7-12-22(13-8-19)36(41)42)16-28(34-27)18-5-10-21(11-6-18)35-30(38)23-3-1-2-4-24(23)31(35)39/h1-16H,17H2. The first kappa shape index (κ1) is 27.4. The zero-order valence-corrected chi connectivity index (χ0v) is 22.8. The van der Waals surface area contributed by atoms with Crippen LogP contribution >= 0.6 is 11.6 Å². The summed E-state index contributed by atoms with van der Waals surface area (Å²) in [5.74, 6) is -2.16. The summed E-state index contributed by atoms with van der Waals surface area (Å²) >= 11 is 6.19. The molecule has 1 aromatic heterocycles. The number of fused-ring (bicyclic) bond motifs is 2. The quantitative estimate of drug-likeness (QED) is 0.0706. The van der Waals surface area contributed by atoms with Gasteiger partial charge < -0.3 is 4.74 Å². The van der Waals surface area contributed by atoms with Gasteiger partial charge in [-0.2, -0.15) is 0 Å². The highest BCUT2D eigenvalue weighted by atomic mass is 35.5. The third-order valence-electron chi connectivity index (χ3n) is 6.94. The number of ether oxygens (including phenoxy) is 1. The highest BCUT2D eigenvalue weighted by Crippen LogP contribution is 2.32. The summed E-state index contributed by atoms with van der Waals surface area (Å²) in [5.41, 5.74) is 2.59. The lowest BCUT2D eigenvalue weighted by Gasteiger charge is -2.15. The van der Waals surface area contributed by atoms with E-state index in [0.717, 1.165) is 4.90 Å². The number of nitro benzene ring substituents is 1. The molecule has 0 N–H and O–H groups in total. The first-order valence-corrected chi connectivity index (χ1v) is 13.2. The maximum absolute atomic E-state index is 13.2. The van der Waals surface area contributed by atoms with Crippen molar-refractivity contribution in [3.05, 3.63) is 134 Å². The van der Waals surface area contributed by atoms with E-state index in [-0.39, 0.29) is 16.8 Å². The number of hydrogen-bond donors (Lipinski definition) is 0. The minimum Gasteiger partial charge on any atom is -0.454 e. The number of benzene rings is 4. The van der Waals surface area contributed by atoms with E-state index in [2.05, 4.69) is 4.98 Å². The second-order valence-corrected chi connectivity index (χ2v) is 9.99. The molecule has 11 heteroatoms. The molecule has 1 aliphatic rings. The zero-order valence-electron chi connectivity index (χ0n) is 22.0. The number of ketones is 1. The van der Waals surface area contributed by atoms with Gasteiger partial charge in [0, 0.05) is 33.7 Å². The summed E-state index contributed by atoms with van der Waals surface area (Å²) in [4.78, 5) is 67.6. The van der Waals surface area contributed by atoms with Crippen molar-refractivity contribution in [3.8, 4) is 11.3 Å². The van der Waals surface area contributed by atoms with Gasteiger partial charge in [0.25, 0.3) is 17.5 Å². The van der Waals surface area contributed by atoms with Gasteiger partial charge in [-0.3, -0.25) is 24.5 Å². The number of amides is 2. The molecule has 43 heavy (non-hydrogen) atoms. The Kier molecular flexibility index (Phi) is 6.96. The van der Waals surface area contributed by atoms with Crippen LogP contribution in [0.1, 0.15) is 41.4 Å². The van der Waals surface area contributed by atoms with Crippen LogP contribution < -0.4 is 4.90 Å². The van der Waals surface area contributed by atoms with Gasteiger partial charge in [0.05, 0.1) is 38.5 Å². The normalized spacial score (nSPS) is 12.3. The van der Waals surface area contributed by atoms with Crippen LogP contribution in [0.3, 0.4) is 0 Å². The second kappa shape index (κ2) is 10.9. The Bertz CT molecular complexity index is 1950. The summed E-state index contributed by atoms with van der Waals surface area (Å²) in [5, 5.41) is 11.6. The molecule has 0 saturated carbocycles. The van der Waals surface area contributed by atoms with E-state index in [4.69, 9.17) is 16.3 Å². The van der Waals surface area contributed by atoms with Gasteiger partial charge in [0.2, 0.25) is 0 Å². The molecule has 0 spiro atoms. The Balaban J connectivity index is 1.27. The van der Waals surface area contributed by atoms with Gasteiger partial charge in [0.15, 0.2) is 12.4 Å². The highest BCUT2D eigenvalue weighted by Gasteiger charge is 2.36. The number of anilines is 1. The Morgan fingerprint density at radius 3 is 2.14 bits per heavy atom. The third kappa shape index (κ3) is 5.11. The Labute approximate surface area is 248 Å². The average molecular weight is 592 g/mol. The van der Waals surface area contributed by atoms with Crippen molar-refractivity contribution in [2.24, 2.45) is 0 Å². The van der Waals surface area contributed by atoms with Crippen molar-refractivity contribution in [3.63, 3.8) is 0 Å². The minimum absolute atomic E-state index is 0.114. The number of rotatable bonds is 7. The topological polar surface area (TPSA) is 137 Å². The lowest BCUT2D eigenvalue weighted by atomic mass is 10.0. The number of carbonyl (C=O) groups excluding carboxylic acids is 4. The van der Waals surface area contributed by atoms with E-state index in [1.165, 1.54) is 30.3 Å². The third-order valence-corrected chi connectivity index (χ3v) is 7.18. The Hall–Kier alpha value is -5.74. The van der Waals surface area contributed by atoms with Gasteiger partial charge in [-0.05, 0) is 60.7 Å². The fourth-order valence-corrected chi connectivity index (χ4v) is 4.95. The number of carbonyl (C=O) groups is 4. The summed E-state index contributed by atoms with van der Waals surface area (Å²) in [6, 6.07) is 24.5. The summed E-state index contributed by atoms with van der Waals surface area (Å²) in [6.07, 6.45) is 0. The van der Waals surface area contributed by atoms with Crippen LogP contribution in [0.4, 0.5) is 11.4 Å². The number of hydrogen-bond acceptors (Lipinski definition) is 8. The predicted molar refractivity (Wildman–Crippen MR) is 157 cm³/mol. The number of aromatic nitrogens is 1. The molecule has 210 valence electrons. The molecular formula is C32H18ClN3O7. The van der Waals surface area contributed by atoms with Gasteiger partial charge in [0.1, 0.15) is 0 Å². The smallest absolute Gasteiger partial charge is 0.339 e. The molecule has 4 aromatic carbocycles. The van der Waals surface area contributed by atoms with Crippen molar-refractivity contribution in [2.75, 3.05) is 11.5 Å². The molecule has 0 fully saturated rings. The number of Topliss-reactive ketones (excluding diaryl/α,β-unsaturated/α-hetero) is 1. The fourth-order valence-electron chi connectivity index (χ4n) is 4.78. The number of nitro groups is 1. The van der Waals surface area contributed by atoms with E-state index < -0.39 is 35.1 Å². The molecule has 0 saturated heterocycles. The Morgan fingerprint density at radius 1 is 0.860 bits per heavy atom. The summed E-state index contributed by atoms with van der Waals surface area (Å²) in [7, 11) is 0. The van der Waals surface area contributed by atoms with Crippen LogP contribution in [0, 0.1) is 10.1 Å². The highest BCUT2D eigenvalue weighted by molar-refractivity contribution is 6.34. The van der Waals surface area contributed by atoms with Crippen LogP contribution in [0.25, 0.3) is 22.2 Å². The average Bonchev–Trinajstić information content (AvgIpc) is 3.28. The minimum atomic E-state index is -0.797. The van der Waals surface area contributed by atoms with Crippen LogP contribution in [0.15, 0.2) is 97.1 Å². The molecule has 10 nitrogen and oxygen atoms in total. The van der Waals surface area contributed by atoms with Gasteiger partial charge in [-0.1, -0.05) is 35.9 Å². The number of esters is 1. The zero-order chi connectivity index (χ0) is 30.2. The lowest BCUT2D eigenvalue weighted by molar-refractivity contribution is -0.384. The van der Waals surface area contributed by atoms with Gasteiger partial charge >= 0.3 is 5.97 Å². The van der Waals surface area contributed by atoms with Crippen LogP contribution in [0.2, 0.25) is 5.02 Å². The molecule has 0 aliphatic carbocycles. The maximum Gasteiger partial charge on any atom is 0.339 e. The van der Waals surface area contributed by atoms with E-state index in [9.17, 15) is 29.3 Å². The van der Waals surface area contributed by atoms with Crippen molar-refractivity contribution < 1.29 is 28.8 Å². The molecule has 6 rings (SSSR count). The molecule has 1 aliphatic heterocycles. The van der Waals surface area contributed by atoms with Crippen LogP contribution in [0.5, 0.6) is 0 Å². The molecule has 0 unspecified atom stereocenters. The van der Waals surface area contributed by atoms with Crippen molar-refractivity contribution in [1.82, 2.24) is 4.98 Å². The molecule has 2 amide bonds. The van der Waals surface area contributed by atoms with Gasteiger partial charge in [-0.15, -0.1) is 0 Å². The van der Waals surface area contributed by atoms with E-state index >= 15 is 0 Å². The maximum atomic E-state index is 13.2. The van der Waals surface area contributed by atoms with Crippen LogP contribution in [-0.2, 0) is 4.74 Å². The largest absolute Gasteiger partial charge is 0.454 e. The molecule has 2 heterocycles. The SMILES string of the molecule is O=C(COC(=O)c1cc(-c2ccc(N3C(=O)c4ccccc4C3=O)cc2)nc2ccc(Cl)cc12)c1ccc([N+](=O)[O-])cc1. The first-order valence-electron chi connectivity index (χ1n) is 12.8. The monoisotopic (exact) mass is 591 g/mol. The molecule has 0 radical (unpaired) electrons. The molecule has 0 atom stereocenters. The van der Waals surface area contributed by atoms with Crippen LogP contribution in [-0.4, -0.2) is 40.1 Å². The predicted octanol–water partition coefficient (Wildman–Crippen LogP) is 6.30. The van der Waals surface area contributed by atoms with E-state index in [0.29, 0.717) is 44.0 Å².